The predicted molar refractivity (Wildman–Crippen MR) is 92.2 cm³/mol. The van der Waals surface area contributed by atoms with Gasteiger partial charge in [-0.25, -0.2) is 4.98 Å². The molecule has 0 bridgehead atoms. The van der Waals surface area contributed by atoms with E-state index in [1.165, 1.54) is 12.8 Å². The van der Waals surface area contributed by atoms with Gasteiger partial charge in [0.2, 0.25) is 5.89 Å². The molecule has 25 heavy (non-hydrogen) atoms. The van der Waals surface area contributed by atoms with Crippen molar-refractivity contribution in [1.82, 2.24) is 20.0 Å². The summed E-state index contributed by atoms with van der Waals surface area (Å²) in [6.45, 7) is 4.10. The first-order chi connectivity index (χ1) is 12.3. The van der Waals surface area contributed by atoms with Crippen LogP contribution in [-0.2, 0) is 0 Å². The number of rotatable bonds is 4. The summed E-state index contributed by atoms with van der Waals surface area (Å²) in [5.74, 6) is 3.31. The molecule has 0 amide bonds. The first-order valence-corrected chi connectivity index (χ1v) is 9.21. The number of fused-ring (bicyclic) bond motifs is 1. The first-order valence-electron chi connectivity index (χ1n) is 9.21. The number of piperidine rings is 1. The summed E-state index contributed by atoms with van der Waals surface area (Å²) in [5.41, 5.74) is 1.81. The third-order valence-corrected chi connectivity index (χ3v) is 5.42. The highest BCUT2D eigenvalue weighted by molar-refractivity contribution is 5.72. The van der Waals surface area contributed by atoms with Gasteiger partial charge in [-0.15, -0.1) is 0 Å². The molecule has 2 aliphatic rings. The molecule has 2 fully saturated rings. The minimum absolute atomic E-state index is 0.132. The standard InChI is InChI=1S/C19H22N4O2/c1-12(18-21-17(22-25-18)13-8-9-13)23-10-4-5-14(11-23)19-20-15-6-2-3-7-16(15)24-19/h2-3,6-7,12-14H,4-5,8-11H2,1H3. The predicted octanol–water partition coefficient (Wildman–Crippen LogP) is 4.03. The van der Waals surface area contributed by atoms with E-state index >= 15 is 0 Å². The van der Waals surface area contributed by atoms with Gasteiger partial charge in [0.05, 0.1) is 6.04 Å². The summed E-state index contributed by atoms with van der Waals surface area (Å²) in [6.07, 6.45) is 4.61. The molecule has 2 aromatic heterocycles. The SMILES string of the molecule is CC(c1nc(C2CC2)no1)N1CCCC(c2nc3ccccc3o2)C1. The molecule has 3 aromatic rings. The van der Waals surface area contributed by atoms with Crippen LogP contribution in [0, 0.1) is 0 Å². The Kier molecular flexibility index (Phi) is 3.59. The molecule has 1 aliphatic heterocycles. The maximum absolute atomic E-state index is 6.00. The number of para-hydroxylation sites is 2. The van der Waals surface area contributed by atoms with Crippen molar-refractivity contribution in [2.45, 2.75) is 50.5 Å². The molecular formula is C19H22N4O2. The highest BCUT2D eigenvalue weighted by atomic mass is 16.5. The maximum Gasteiger partial charge on any atom is 0.243 e. The Morgan fingerprint density at radius 2 is 2.00 bits per heavy atom. The average molecular weight is 338 g/mol. The van der Waals surface area contributed by atoms with Gasteiger partial charge >= 0.3 is 0 Å². The summed E-state index contributed by atoms with van der Waals surface area (Å²) < 4.78 is 11.5. The fraction of sp³-hybridized carbons (Fsp3) is 0.526. The Bertz CT molecular complexity index is 849. The molecule has 1 saturated heterocycles. The summed E-state index contributed by atoms with van der Waals surface area (Å²) in [5, 5.41) is 4.16. The van der Waals surface area contributed by atoms with Crippen LogP contribution in [0.25, 0.3) is 11.1 Å². The minimum Gasteiger partial charge on any atom is -0.440 e. The van der Waals surface area contributed by atoms with Gasteiger partial charge in [0.1, 0.15) is 5.52 Å². The Hall–Kier alpha value is -2.21. The molecule has 2 unspecified atom stereocenters. The summed E-state index contributed by atoms with van der Waals surface area (Å²) in [6, 6.07) is 8.10. The third-order valence-electron chi connectivity index (χ3n) is 5.42. The van der Waals surface area contributed by atoms with E-state index in [0.29, 0.717) is 11.8 Å². The van der Waals surface area contributed by atoms with Crippen LogP contribution in [0.1, 0.15) is 68.1 Å². The molecule has 0 radical (unpaired) electrons. The van der Waals surface area contributed by atoms with Gasteiger partial charge in [-0.1, -0.05) is 17.3 Å². The van der Waals surface area contributed by atoms with Gasteiger partial charge in [0.15, 0.2) is 17.3 Å². The Morgan fingerprint density at radius 1 is 1.12 bits per heavy atom. The Morgan fingerprint density at radius 3 is 2.84 bits per heavy atom. The number of hydrogen-bond acceptors (Lipinski definition) is 6. The second kappa shape index (κ2) is 5.95. The van der Waals surface area contributed by atoms with E-state index in [0.717, 1.165) is 54.6 Å². The number of nitrogens with zero attached hydrogens (tertiary/aromatic N) is 4. The quantitative estimate of drug-likeness (QED) is 0.715. The van der Waals surface area contributed by atoms with Crippen molar-refractivity contribution in [3.8, 4) is 0 Å². The van der Waals surface area contributed by atoms with Gasteiger partial charge in [-0.3, -0.25) is 4.90 Å². The van der Waals surface area contributed by atoms with Crippen molar-refractivity contribution < 1.29 is 8.94 Å². The average Bonchev–Trinajstić information content (AvgIpc) is 3.22. The summed E-state index contributed by atoms with van der Waals surface area (Å²) >= 11 is 0. The fourth-order valence-corrected chi connectivity index (χ4v) is 3.70. The van der Waals surface area contributed by atoms with Crippen LogP contribution in [0.15, 0.2) is 33.2 Å². The van der Waals surface area contributed by atoms with Gasteiger partial charge in [0, 0.05) is 18.4 Å². The number of benzene rings is 1. The van der Waals surface area contributed by atoms with E-state index in [9.17, 15) is 0 Å². The van der Waals surface area contributed by atoms with Crippen LogP contribution in [-0.4, -0.2) is 33.1 Å². The smallest absolute Gasteiger partial charge is 0.243 e. The summed E-state index contributed by atoms with van der Waals surface area (Å²) in [4.78, 5) is 11.7. The topological polar surface area (TPSA) is 68.2 Å². The Balaban J connectivity index is 1.34. The van der Waals surface area contributed by atoms with Crippen molar-refractivity contribution in [3.63, 3.8) is 0 Å². The molecule has 3 heterocycles. The summed E-state index contributed by atoms with van der Waals surface area (Å²) in [7, 11) is 0. The monoisotopic (exact) mass is 338 g/mol. The second-order valence-electron chi connectivity index (χ2n) is 7.29. The van der Waals surface area contributed by atoms with Gasteiger partial charge in [-0.2, -0.15) is 4.98 Å². The van der Waals surface area contributed by atoms with E-state index in [1.54, 1.807) is 0 Å². The lowest BCUT2D eigenvalue weighted by atomic mass is 9.97. The fourth-order valence-electron chi connectivity index (χ4n) is 3.70. The molecule has 6 nitrogen and oxygen atoms in total. The highest BCUT2D eigenvalue weighted by Gasteiger charge is 2.33. The zero-order valence-electron chi connectivity index (χ0n) is 14.4. The maximum atomic E-state index is 6.00. The van der Waals surface area contributed by atoms with E-state index in [1.807, 2.05) is 24.3 Å². The van der Waals surface area contributed by atoms with Crippen LogP contribution in [0.5, 0.6) is 0 Å². The molecule has 1 aromatic carbocycles. The van der Waals surface area contributed by atoms with Crippen molar-refractivity contribution in [2.75, 3.05) is 13.1 Å². The zero-order valence-corrected chi connectivity index (χ0v) is 14.4. The lowest BCUT2D eigenvalue weighted by Gasteiger charge is -2.34. The highest BCUT2D eigenvalue weighted by Crippen LogP contribution is 2.39. The van der Waals surface area contributed by atoms with Crippen molar-refractivity contribution in [1.29, 1.82) is 0 Å². The van der Waals surface area contributed by atoms with Crippen LogP contribution >= 0.6 is 0 Å². The molecule has 5 rings (SSSR count). The lowest BCUT2D eigenvalue weighted by Crippen LogP contribution is -2.36. The normalized spacial score (nSPS) is 23.2. The van der Waals surface area contributed by atoms with Crippen LogP contribution < -0.4 is 0 Å². The van der Waals surface area contributed by atoms with Crippen molar-refractivity contribution >= 4 is 11.1 Å². The molecule has 2 atom stereocenters. The van der Waals surface area contributed by atoms with Crippen molar-refractivity contribution in [3.05, 3.63) is 41.9 Å². The molecule has 0 N–H and O–H groups in total. The van der Waals surface area contributed by atoms with Crippen molar-refractivity contribution in [2.24, 2.45) is 0 Å². The molecule has 1 saturated carbocycles. The number of aromatic nitrogens is 3. The molecule has 6 heteroatoms. The molecule has 0 spiro atoms. The van der Waals surface area contributed by atoms with Gasteiger partial charge < -0.3 is 8.94 Å². The minimum atomic E-state index is 0.132. The number of likely N-dealkylation sites (tertiary alicyclic amines) is 1. The number of hydrogen-bond donors (Lipinski definition) is 0. The van der Waals surface area contributed by atoms with Crippen LogP contribution in [0.3, 0.4) is 0 Å². The van der Waals surface area contributed by atoms with Crippen LogP contribution in [0.2, 0.25) is 0 Å². The number of oxazole rings is 1. The van der Waals surface area contributed by atoms with Crippen LogP contribution in [0.4, 0.5) is 0 Å². The lowest BCUT2D eigenvalue weighted by molar-refractivity contribution is 0.126. The van der Waals surface area contributed by atoms with E-state index in [4.69, 9.17) is 13.9 Å². The third kappa shape index (κ3) is 2.84. The van der Waals surface area contributed by atoms with Gasteiger partial charge in [-0.05, 0) is 51.3 Å². The van der Waals surface area contributed by atoms with E-state index in [-0.39, 0.29) is 6.04 Å². The largest absolute Gasteiger partial charge is 0.440 e. The van der Waals surface area contributed by atoms with E-state index < -0.39 is 0 Å². The second-order valence-corrected chi connectivity index (χ2v) is 7.29. The van der Waals surface area contributed by atoms with E-state index in [2.05, 4.69) is 22.0 Å². The first kappa shape index (κ1) is 15.1. The Labute approximate surface area is 146 Å². The van der Waals surface area contributed by atoms with Gasteiger partial charge in [0.25, 0.3) is 0 Å². The molecule has 1 aliphatic carbocycles. The molecular weight excluding hydrogens is 316 g/mol. The zero-order chi connectivity index (χ0) is 16.8. The molecule has 130 valence electrons.